The molecule has 1 aromatic carbocycles. The van der Waals surface area contributed by atoms with Crippen molar-refractivity contribution in [1.82, 2.24) is 20.2 Å². The molecule has 158 valence electrons. The van der Waals surface area contributed by atoms with Crippen molar-refractivity contribution < 1.29 is 9.90 Å². The second-order valence-electron chi connectivity index (χ2n) is 7.81. The van der Waals surface area contributed by atoms with E-state index in [0.29, 0.717) is 5.69 Å². The summed E-state index contributed by atoms with van der Waals surface area (Å²) in [7, 11) is 0. The minimum absolute atomic E-state index is 0.108. The lowest BCUT2D eigenvalue weighted by molar-refractivity contribution is -0.136. The van der Waals surface area contributed by atoms with Crippen molar-refractivity contribution in [2.24, 2.45) is 0 Å². The van der Waals surface area contributed by atoms with Crippen LogP contribution in [0.2, 0.25) is 0 Å². The van der Waals surface area contributed by atoms with Crippen LogP contribution in [0.5, 0.6) is 0 Å². The largest absolute Gasteiger partial charge is 0.481 e. The zero-order chi connectivity index (χ0) is 21.8. The second kappa shape index (κ2) is 9.04. The van der Waals surface area contributed by atoms with Crippen LogP contribution in [0.4, 0.5) is 5.82 Å². The summed E-state index contributed by atoms with van der Waals surface area (Å²) in [6.45, 7) is 5.74. The van der Waals surface area contributed by atoms with Crippen LogP contribution in [-0.4, -0.2) is 44.3 Å². The van der Waals surface area contributed by atoms with Gasteiger partial charge in [-0.05, 0) is 60.6 Å². The van der Waals surface area contributed by atoms with Crippen molar-refractivity contribution in [1.29, 1.82) is 0 Å². The fraction of sp³-hybridized carbons (Fsp3) is 0.292. The van der Waals surface area contributed by atoms with E-state index in [2.05, 4.69) is 56.3 Å². The van der Waals surface area contributed by atoms with Crippen LogP contribution in [0.25, 0.3) is 5.57 Å². The molecule has 0 saturated carbocycles. The highest BCUT2D eigenvalue weighted by atomic mass is 16.4. The fourth-order valence-corrected chi connectivity index (χ4v) is 3.67. The molecule has 0 saturated heterocycles. The van der Waals surface area contributed by atoms with Gasteiger partial charge in [-0.15, -0.1) is 0 Å². The number of benzene rings is 1. The Labute approximate surface area is 181 Å². The molecule has 3 heterocycles. The summed E-state index contributed by atoms with van der Waals surface area (Å²) in [5, 5.41) is 16.9. The first-order chi connectivity index (χ1) is 15.0. The molecule has 1 N–H and O–H groups in total. The van der Waals surface area contributed by atoms with Gasteiger partial charge in [-0.3, -0.25) is 9.78 Å². The van der Waals surface area contributed by atoms with Crippen molar-refractivity contribution in [3.05, 3.63) is 82.6 Å². The molecule has 0 fully saturated rings. The van der Waals surface area contributed by atoms with E-state index in [0.717, 1.165) is 36.6 Å². The molecular weight excluding hydrogens is 390 g/mol. The van der Waals surface area contributed by atoms with Crippen LogP contribution in [0, 0.1) is 13.8 Å². The molecule has 0 bridgehead atoms. The number of hydrogen-bond donors (Lipinski definition) is 1. The van der Waals surface area contributed by atoms with Gasteiger partial charge in [0, 0.05) is 19.3 Å². The molecule has 0 amide bonds. The first-order valence-electron chi connectivity index (χ1n) is 10.3. The quantitative estimate of drug-likeness (QED) is 0.546. The van der Waals surface area contributed by atoms with E-state index in [1.54, 1.807) is 23.5 Å². The van der Waals surface area contributed by atoms with E-state index < -0.39 is 5.97 Å². The van der Waals surface area contributed by atoms with Gasteiger partial charge in [0.25, 0.3) is 0 Å². The van der Waals surface area contributed by atoms with Crippen molar-refractivity contribution >= 4 is 17.4 Å². The average Bonchev–Trinajstić information content (AvgIpc) is 3.56. The highest BCUT2D eigenvalue weighted by Crippen LogP contribution is 2.30. The lowest BCUT2D eigenvalue weighted by Gasteiger charge is -2.27. The highest BCUT2D eigenvalue weighted by Gasteiger charge is 2.17. The normalized spacial score (nSPS) is 14.1. The molecule has 2 aromatic heterocycles. The van der Waals surface area contributed by atoms with Crippen molar-refractivity contribution in [3.8, 4) is 0 Å². The molecule has 0 atom stereocenters. The number of nitrogens with zero attached hydrogens (tertiary/aromatic N) is 5. The van der Waals surface area contributed by atoms with Crippen LogP contribution in [0.1, 0.15) is 40.1 Å². The summed E-state index contributed by atoms with van der Waals surface area (Å²) >= 11 is 0. The molecule has 0 radical (unpaired) electrons. The number of carbonyl (C=O) groups is 1. The third kappa shape index (κ3) is 5.12. The fourth-order valence-electron chi connectivity index (χ4n) is 3.67. The van der Waals surface area contributed by atoms with Gasteiger partial charge in [-0.1, -0.05) is 24.3 Å². The predicted octanol–water partition coefficient (Wildman–Crippen LogP) is 3.40. The molecule has 0 spiro atoms. The van der Waals surface area contributed by atoms with Crippen LogP contribution in [0.15, 0.2) is 48.9 Å². The maximum atomic E-state index is 10.7. The van der Waals surface area contributed by atoms with E-state index in [4.69, 9.17) is 5.11 Å². The topological polar surface area (TPSA) is 92.1 Å². The number of fused-ring (bicyclic) bond motifs is 1. The van der Waals surface area contributed by atoms with Gasteiger partial charge in [0.05, 0.1) is 30.2 Å². The number of aromatic nitrogens is 4. The zero-order valence-corrected chi connectivity index (χ0v) is 17.7. The van der Waals surface area contributed by atoms with E-state index >= 15 is 0 Å². The smallest absolute Gasteiger partial charge is 0.309 e. The standard InChI is InChI=1S/C16H17N5O2.C8H8/c1-11-2-5-19-20-16(11)12-3-6-21(7-4-12)14-10-17-13(9-18-14)8-15(22)23;1-6-3-2-4-7-5-8(6)7/h2-3,5,9-10H,4,6-8H2,1H3,(H,22,23);2-4H,5H2,1H3. The number of aliphatic carboxylic acids is 1. The molecule has 3 aromatic rings. The van der Waals surface area contributed by atoms with Crippen molar-refractivity contribution in [2.45, 2.75) is 33.1 Å². The average molecular weight is 415 g/mol. The molecular formula is C24H25N5O2. The van der Waals surface area contributed by atoms with Gasteiger partial charge < -0.3 is 10.0 Å². The summed E-state index contributed by atoms with van der Waals surface area (Å²) in [6.07, 6.45) is 8.98. The molecule has 7 nitrogen and oxygen atoms in total. The van der Waals surface area contributed by atoms with Crippen LogP contribution >= 0.6 is 0 Å². The summed E-state index contributed by atoms with van der Waals surface area (Å²) in [5.41, 5.74) is 8.32. The first-order valence-corrected chi connectivity index (χ1v) is 10.3. The Morgan fingerprint density at radius 1 is 1.13 bits per heavy atom. The second-order valence-corrected chi connectivity index (χ2v) is 7.81. The lowest BCUT2D eigenvalue weighted by Crippen LogP contribution is -2.29. The monoisotopic (exact) mass is 415 g/mol. The lowest BCUT2D eigenvalue weighted by atomic mass is 10.0. The number of carboxylic acids is 1. The van der Waals surface area contributed by atoms with Crippen LogP contribution in [0.3, 0.4) is 0 Å². The van der Waals surface area contributed by atoms with Gasteiger partial charge in [0.2, 0.25) is 0 Å². The van der Waals surface area contributed by atoms with Gasteiger partial charge >= 0.3 is 5.97 Å². The van der Waals surface area contributed by atoms with Crippen LogP contribution < -0.4 is 4.90 Å². The number of anilines is 1. The zero-order valence-electron chi connectivity index (χ0n) is 17.7. The Morgan fingerprint density at radius 3 is 2.61 bits per heavy atom. The van der Waals surface area contributed by atoms with E-state index in [1.165, 1.54) is 23.8 Å². The molecule has 7 heteroatoms. The Morgan fingerprint density at radius 2 is 2.00 bits per heavy atom. The number of carboxylic acid groups (broad SMARTS) is 1. The Bertz CT molecular complexity index is 1130. The number of rotatable bonds is 4. The van der Waals surface area contributed by atoms with E-state index in [9.17, 15) is 4.79 Å². The highest BCUT2D eigenvalue weighted by molar-refractivity contribution is 5.69. The summed E-state index contributed by atoms with van der Waals surface area (Å²) < 4.78 is 0. The SMILES string of the molecule is Cc1cccc2c1C2.Cc1ccnnc1C1=CCN(c2cnc(CC(=O)O)cn2)CC1. The Kier molecular flexibility index (Phi) is 6.02. The third-order valence-corrected chi connectivity index (χ3v) is 5.53. The molecule has 5 rings (SSSR count). The summed E-state index contributed by atoms with van der Waals surface area (Å²) in [5.74, 6) is -0.151. The molecule has 1 aliphatic heterocycles. The van der Waals surface area contributed by atoms with Gasteiger partial charge in [0.1, 0.15) is 5.82 Å². The summed E-state index contributed by atoms with van der Waals surface area (Å²) in [6, 6.07) is 8.46. The van der Waals surface area contributed by atoms with E-state index in [1.807, 2.05) is 13.0 Å². The molecule has 2 aliphatic rings. The Balaban J connectivity index is 0.000000239. The number of aryl methyl sites for hydroxylation is 2. The molecule has 31 heavy (non-hydrogen) atoms. The first kappa shape index (κ1) is 20.7. The van der Waals surface area contributed by atoms with Gasteiger partial charge in [-0.2, -0.15) is 10.2 Å². The number of hydrogen-bond acceptors (Lipinski definition) is 6. The maximum Gasteiger partial charge on any atom is 0.309 e. The van der Waals surface area contributed by atoms with Crippen molar-refractivity contribution in [3.63, 3.8) is 0 Å². The molecule has 1 aliphatic carbocycles. The van der Waals surface area contributed by atoms with Gasteiger partial charge in [0.15, 0.2) is 0 Å². The summed E-state index contributed by atoms with van der Waals surface area (Å²) in [4.78, 5) is 21.2. The Hall–Kier alpha value is -3.61. The third-order valence-electron chi connectivity index (χ3n) is 5.53. The molecule has 0 unspecified atom stereocenters. The van der Waals surface area contributed by atoms with Gasteiger partial charge in [-0.25, -0.2) is 4.98 Å². The maximum absolute atomic E-state index is 10.7. The van der Waals surface area contributed by atoms with E-state index in [-0.39, 0.29) is 6.42 Å². The van der Waals surface area contributed by atoms with Crippen molar-refractivity contribution in [2.75, 3.05) is 18.0 Å². The van der Waals surface area contributed by atoms with Crippen LogP contribution in [-0.2, 0) is 17.6 Å². The minimum Gasteiger partial charge on any atom is -0.481 e. The predicted molar refractivity (Wildman–Crippen MR) is 119 cm³/mol. The minimum atomic E-state index is -0.906.